The zero-order valence-corrected chi connectivity index (χ0v) is 17.3. The van der Waals surface area contributed by atoms with Crippen molar-refractivity contribution in [2.24, 2.45) is 0 Å². The van der Waals surface area contributed by atoms with Crippen molar-refractivity contribution in [2.45, 2.75) is 46.0 Å². The molecule has 7 heteroatoms. The SMILES string of the molecule is Cc1ccc(C)c(C(=O)CCC(=O)OCC(=O)Nc2sc3c(c2C#N)CCC3)c1. The number of aryl methyl sites for hydroxylation is 3. The molecule has 0 bridgehead atoms. The molecular weight excluding hydrogens is 388 g/mol. The largest absolute Gasteiger partial charge is 0.456 e. The quantitative estimate of drug-likeness (QED) is 0.552. The minimum atomic E-state index is -0.604. The fourth-order valence-electron chi connectivity index (χ4n) is 3.38. The lowest BCUT2D eigenvalue weighted by molar-refractivity contribution is -0.147. The van der Waals surface area contributed by atoms with Crippen LogP contribution in [0.15, 0.2) is 18.2 Å². The van der Waals surface area contributed by atoms with Gasteiger partial charge >= 0.3 is 5.97 Å². The minimum Gasteiger partial charge on any atom is -0.456 e. The van der Waals surface area contributed by atoms with Gasteiger partial charge in [-0.1, -0.05) is 17.7 Å². The molecular formula is C22H22N2O4S. The summed E-state index contributed by atoms with van der Waals surface area (Å²) in [4.78, 5) is 37.5. The minimum absolute atomic E-state index is 0.0287. The van der Waals surface area contributed by atoms with Crippen molar-refractivity contribution in [1.82, 2.24) is 0 Å². The molecule has 0 unspecified atom stereocenters. The first-order valence-corrected chi connectivity index (χ1v) is 10.3. The number of thiophene rings is 1. The molecule has 0 spiro atoms. The number of nitrogens with zero attached hydrogens (tertiary/aromatic N) is 1. The Hall–Kier alpha value is -2.98. The van der Waals surface area contributed by atoms with Crippen molar-refractivity contribution < 1.29 is 19.1 Å². The molecule has 1 N–H and O–H groups in total. The van der Waals surface area contributed by atoms with Crippen LogP contribution in [-0.4, -0.2) is 24.3 Å². The highest BCUT2D eigenvalue weighted by molar-refractivity contribution is 7.16. The summed E-state index contributed by atoms with van der Waals surface area (Å²) in [6, 6.07) is 7.77. The van der Waals surface area contributed by atoms with Crippen LogP contribution in [0.4, 0.5) is 5.00 Å². The van der Waals surface area contributed by atoms with Crippen LogP contribution in [0.3, 0.4) is 0 Å². The Labute approximate surface area is 173 Å². The number of anilines is 1. The molecule has 0 saturated carbocycles. The van der Waals surface area contributed by atoms with Crippen LogP contribution in [0.5, 0.6) is 0 Å². The van der Waals surface area contributed by atoms with Gasteiger partial charge in [0.05, 0.1) is 12.0 Å². The van der Waals surface area contributed by atoms with Gasteiger partial charge < -0.3 is 10.1 Å². The van der Waals surface area contributed by atoms with Gasteiger partial charge in [-0.3, -0.25) is 14.4 Å². The van der Waals surface area contributed by atoms with E-state index in [1.165, 1.54) is 11.3 Å². The van der Waals surface area contributed by atoms with Crippen LogP contribution in [0.25, 0.3) is 0 Å². The molecule has 29 heavy (non-hydrogen) atoms. The van der Waals surface area contributed by atoms with E-state index in [4.69, 9.17) is 4.74 Å². The zero-order chi connectivity index (χ0) is 21.0. The fourth-order valence-corrected chi connectivity index (χ4v) is 4.63. The summed E-state index contributed by atoms with van der Waals surface area (Å²) in [5, 5.41) is 12.5. The second-order valence-electron chi connectivity index (χ2n) is 7.12. The third-order valence-corrected chi connectivity index (χ3v) is 6.11. The van der Waals surface area contributed by atoms with E-state index >= 15 is 0 Å². The monoisotopic (exact) mass is 410 g/mol. The zero-order valence-electron chi connectivity index (χ0n) is 16.5. The third-order valence-electron chi connectivity index (χ3n) is 4.90. The normalized spacial score (nSPS) is 12.2. The summed E-state index contributed by atoms with van der Waals surface area (Å²) in [6.07, 6.45) is 2.75. The van der Waals surface area contributed by atoms with Gasteiger partial charge in [0.1, 0.15) is 11.1 Å². The molecule has 0 radical (unpaired) electrons. The Morgan fingerprint density at radius 2 is 2.00 bits per heavy atom. The summed E-state index contributed by atoms with van der Waals surface area (Å²) in [5.41, 5.74) is 3.99. The topological polar surface area (TPSA) is 96.3 Å². The van der Waals surface area contributed by atoms with E-state index in [2.05, 4.69) is 11.4 Å². The highest BCUT2D eigenvalue weighted by Gasteiger charge is 2.23. The van der Waals surface area contributed by atoms with Crippen LogP contribution >= 0.6 is 11.3 Å². The van der Waals surface area contributed by atoms with Crippen molar-refractivity contribution >= 4 is 34.0 Å². The predicted octanol–water partition coefficient (Wildman–Crippen LogP) is 3.87. The molecule has 2 aromatic rings. The van der Waals surface area contributed by atoms with Crippen LogP contribution < -0.4 is 5.32 Å². The van der Waals surface area contributed by atoms with Gasteiger partial charge in [0.15, 0.2) is 12.4 Å². The molecule has 150 valence electrons. The van der Waals surface area contributed by atoms with Gasteiger partial charge in [0.2, 0.25) is 0 Å². The van der Waals surface area contributed by atoms with Gasteiger partial charge in [-0.25, -0.2) is 0 Å². The average Bonchev–Trinajstić information content (AvgIpc) is 3.26. The summed E-state index contributed by atoms with van der Waals surface area (Å²) in [5.74, 6) is -1.22. The smallest absolute Gasteiger partial charge is 0.306 e. The molecule has 0 aliphatic heterocycles. The highest BCUT2D eigenvalue weighted by atomic mass is 32.1. The van der Waals surface area contributed by atoms with Crippen LogP contribution in [0, 0.1) is 25.2 Å². The van der Waals surface area contributed by atoms with Crippen molar-refractivity contribution in [3.63, 3.8) is 0 Å². The number of amides is 1. The van der Waals surface area contributed by atoms with Gasteiger partial charge in [0.25, 0.3) is 5.91 Å². The Bertz CT molecular complexity index is 1020. The van der Waals surface area contributed by atoms with Crippen molar-refractivity contribution in [1.29, 1.82) is 5.26 Å². The number of esters is 1. The Morgan fingerprint density at radius 1 is 1.21 bits per heavy atom. The molecule has 1 amide bonds. The first-order chi connectivity index (χ1) is 13.9. The Kier molecular flexibility index (Phi) is 6.45. The number of rotatable bonds is 7. The number of carbonyl (C=O) groups excluding carboxylic acids is 3. The molecule has 1 aromatic carbocycles. The van der Waals surface area contributed by atoms with Crippen LogP contribution in [0.2, 0.25) is 0 Å². The predicted molar refractivity (Wildman–Crippen MR) is 110 cm³/mol. The summed E-state index contributed by atoms with van der Waals surface area (Å²) >= 11 is 1.41. The number of nitriles is 1. The maximum Gasteiger partial charge on any atom is 0.306 e. The standard InChI is InChI=1S/C22H22N2O4S/c1-13-6-7-14(2)16(10-13)18(25)8-9-21(27)28-12-20(26)24-22-17(11-23)15-4-3-5-19(15)29-22/h6-7,10H,3-5,8-9,12H2,1-2H3,(H,24,26). The second-order valence-corrected chi connectivity index (χ2v) is 8.23. The first kappa shape index (κ1) is 20.7. The van der Waals surface area contributed by atoms with E-state index in [1.807, 2.05) is 32.0 Å². The Morgan fingerprint density at radius 3 is 2.76 bits per heavy atom. The Balaban J connectivity index is 1.47. The molecule has 0 atom stereocenters. The van der Waals surface area contributed by atoms with E-state index in [1.54, 1.807) is 0 Å². The fraction of sp³-hybridized carbons (Fsp3) is 0.364. The van der Waals surface area contributed by atoms with E-state index in [0.717, 1.165) is 40.8 Å². The third kappa shape index (κ3) is 4.90. The number of carbonyl (C=O) groups is 3. The lowest BCUT2D eigenvalue weighted by atomic mass is 9.99. The second kappa shape index (κ2) is 9.01. The number of ketones is 1. The molecule has 0 saturated heterocycles. The van der Waals surface area contributed by atoms with Crippen molar-refractivity contribution in [3.8, 4) is 6.07 Å². The maximum absolute atomic E-state index is 12.3. The van der Waals surface area contributed by atoms with E-state index in [9.17, 15) is 19.6 Å². The van der Waals surface area contributed by atoms with E-state index < -0.39 is 18.5 Å². The molecule has 3 rings (SSSR count). The molecule has 6 nitrogen and oxygen atoms in total. The van der Waals surface area contributed by atoms with Crippen LogP contribution in [-0.2, 0) is 27.2 Å². The number of Topliss-reactive ketones (excluding diaryl/α,β-unsaturated/α-hetero) is 1. The highest BCUT2D eigenvalue weighted by Crippen LogP contribution is 2.38. The van der Waals surface area contributed by atoms with Gasteiger partial charge in [0, 0.05) is 16.9 Å². The number of fused-ring (bicyclic) bond motifs is 1. The molecule has 1 aliphatic carbocycles. The number of ether oxygens (including phenoxy) is 1. The summed E-state index contributed by atoms with van der Waals surface area (Å²) in [7, 11) is 0. The number of hydrogen-bond donors (Lipinski definition) is 1. The van der Waals surface area contributed by atoms with Gasteiger partial charge in [-0.2, -0.15) is 5.26 Å². The molecule has 0 fully saturated rings. The number of nitrogens with one attached hydrogen (secondary N) is 1. The molecule has 1 heterocycles. The van der Waals surface area contributed by atoms with Crippen molar-refractivity contribution in [3.05, 3.63) is 50.9 Å². The summed E-state index contributed by atoms with van der Waals surface area (Å²) < 4.78 is 4.99. The van der Waals surface area contributed by atoms with Crippen LogP contribution in [0.1, 0.15) is 56.8 Å². The average molecular weight is 410 g/mol. The molecule has 1 aliphatic rings. The van der Waals surface area contributed by atoms with E-state index in [0.29, 0.717) is 16.1 Å². The number of hydrogen-bond acceptors (Lipinski definition) is 6. The number of benzene rings is 1. The lowest BCUT2D eigenvalue weighted by Gasteiger charge is -2.07. The van der Waals surface area contributed by atoms with Crippen molar-refractivity contribution in [2.75, 3.05) is 11.9 Å². The van der Waals surface area contributed by atoms with Gasteiger partial charge in [-0.05, 0) is 50.3 Å². The maximum atomic E-state index is 12.3. The first-order valence-electron chi connectivity index (χ1n) is 9.49. The summed E-state index contributed by atoms with van der Waals surface area (Å²) in [6.45, 7) is 3.32. The lowest BCUT2D eigenvalue weighted by Crippen LogP contribution is -2.21. The molecule has 1 aromatic heterocycles. The van der Waals surface area contributed by atoms with E-state index in [-0.39, 0.29) is 18.6 Å². The van der Waals surface area contributed by atoms with Gasteiger partial charge in [-0.15, -0.1) is 11.3 Å².